The Morgan fingerprint density at radius 2 is 1.73 bits per heavy atom. The summed E-state index contributed by atoms with van der Waals surface area (Å²) in [4.78, 5) is 4.06. The molecule has 0 amide bonds. The molecule has 15 heavy (non-hydrogen) atoms. The van der Waals surface area contributed by atoms with Gasteiger partial charge in [-0.3, -0.25) is 0 Å². The second kappa shape index (κ2) is 3.09. The van der Waals surface area contributed by atoms with Crippen LogP contribution in [0.1, 0.15) is 27.7 Å². The topological polar surface area (TPSA) is 36.3 Å². The average molecular weight is 208 g/mol. The first-order valence-corrected chi connectivity index (χ1v) is 5.15. The Morgan fingerprint density at radius 3 is 2.13 bits per heavy atom. The van der Waals surface area contributed by atoms with E-state index in [1.165, 1.54) is 0 Å². The molecule has 2 heterocycles. The van der Waals surface area contributed by atoms with Crippen LogP contribution in [0.25, 0.3) is 0 Å². The van der Waals surface area contributed by atoms with Gasteiger partial charge in [-0.05, 0) is 27.7 Å². The van der Waals surface area contributed by atoms with Crippen molar-refractivity contribution in [1.29, 1.82) is 0 Å². The molecule has 1 aromatic heterocycles. The first-order chi connectivity index (χ1) is 6.83. The highest BCUT2D eigenvalue weighted by atomic mass is 16.7. The van der Waals surface area contributed by atoms with Gasteiger partial charge in [0, 0.05) is 13.2 Å². The van der Waals surface area contributed by atoms with Gasteiger partial charge in [-0.25, -0.2) is 4.98 Å². The standard InChI is InChI=1S/C10H17BN2O2/c1-9(2)10(3,4)15-11(14-9)8-6-12-7-13(8)5/h6-7H,1-5H3. The fraction of sp³-hybridized carbons (Fsp3) is 0.700. The molecule has 0 aromatic carbocycles. The minimum atomic E-state index is -0.317. The molecule has 1 aliphatic heterocycles. The number of nitrogens with zero attached hydrogens (tertiary/aromatic N) is 2. The van der Waals surface area contributed by atoms with Crippen molar-refractivity contribution in [1.82, 2.24) is 9.55 Å². The molecule has 4 nitrogen and oxygen atoms in total. The van der Waals surface area contributed by atoms with Gasteiger partial charge in [0.2, 0.25) is 0 Å². The van der Waals surface area contributed by atoms with Gasteiger partial charge in [0.15, 0.2) is 0 Å². The Balaban J connectivity index is 2.27. The van der Waals surface area contributed by atoms with E-state index in [1.54, 1.807) is 12.5 Å². The number of aryl methyl sites for hydroxylation is 1. The van der Waals surface area contributed by atoms with Crippen LogP contribution in [0.2, 0.25) is 0 Å². The molecule has 2 rings (SSSR count). The largest absolute Gasteiger partial charge is 0.514 e. The van der Waals surface area contributed by atoms with Gasteiger partial charge in [-0.1, -0.05) is 0 Å². The maximum Gasteiger partial charge on any atom is 0.514 e. The van der Waals surface area contributed by atoms with E-state index in [0.717, 1.165) is 5.59 Å². The molecule has 0 radical (unpaired) electrons. The molecule has 0 atom stereocenters. The molecule has 82 valence electrons. The SMILES string of the molecule is Cn1cncc1B1OC(C)(C)C(C)(C)O1. The first kappa shape index (κ1) is 10.7. The lowest BCUT2D eigenvalue weighted by Gasteiger charge is -2.32. The van der Waals surface area contributed by atoms with E-state index in [-0.39, 0.29) is 18.3 Å². The van der Waals surface area contributed by atoms with Crippen molar-refractivity contribution >= 4 is 12.7 Å². The highest BCUT2D eigenvalue weighted by Crippen LogP contribution is 2.36. The summed E-state index contributed by atoms with van der Waals surface area (Å²) in [6, 6.07) is 0. The zero-order chi connectivity index (χ0) is 11.3. The molecular formula is C10H17BN2O2. The lowest BCUT2D eigenvalue weighted by molar-refractivity contribution is 0.00578. The third-order valence-corrected chi connectivity index (χ3v) is 3.35. The van der Waals surface area contributed by atoms with Crippen LogP contribution in [0, 0.1) is 0 Å². The minimum Gasteiger partial charge on any atom is -0.398 e. The van der Waals surface area contributed by atoms with Gasteiger partial charge in [-0.15, -0.1) is 0 Å². The van der Waals surface area contributed by atoms with Crippen molar-refractivity contribution in [3.8, 4) is 0 Å². The monoisotopic (exact) mass is 208 g/mol. The van der Waals surface area contributed by atoms with Gasteiger partial charge in [0.05, 0.1) is 23.1 Å². The van der Waals surface area contributed by atoms with Crippen LogP contribution in [0.15, 0.2) is 12.5 Å². The van der Waals surface area contributed by atoms with Crippen LogP contribution in [0.3, 0.4) is 0 Å². The van der Waals surface area contributed by atoms with Gasteiger partial charge in [0.1, 0.15) is 0 Å². The number of rotatable bonds is 1. The van der Waals surface area contributed by atoms with Crippen LogP contribution in [0.4, 0.5) is 0 Å². The molecule has 0 aliphatic carbocycles. The average Bonchev–Trinajstić information content (AvgIpc) is 2.55. The van der Waals surface area contributed by atoms with Crippen molar-refractivity contribution in [3.05, 3.63) is 12.5 Å². The van der Waals surface area contributed by atoms with E-state index in [4.69, 9.17) is 9.31 Å². The highest BCUT2D eigenvalue weighted by molar-refractivity contribution is 6.61. The molecule has 0 saturated carbocycles. The van der Waals surface area contributed by atoms with Crippen LogP contribution in [-0.2, 0) is 16.4 Å². The summed E-state index contributed by atoms with van der Waals surface area (Å²) in [5.41, 5.74) is 0.373. The summed E-state index contributed by atoms with van der Waals surface area (Å²) in [6.45, 7) is 8.18. The predicted molar refractivity (Wildman–Crippen MR) is 58.9 cm³/mol. The molecule has 1 saturated heterocycles. The van der Waals surface area contributed by atoms with Crippen LogP contribution in [-0.4, -0.2) is 27.9 Å². The lowest BCUT2D eigenvalue weighted by atomic mass is 9.85. The van der Waals surface area contributed by atoms with E-state index < -0.39 is 0 Å². The normalized spacial score (nSPS) is 23.4. The van der Waals surface area contributed by atoms with Gasteiger partial charge in [-0.2, -0.15) is 0 Å². The molecule has 1 fully saturated rings. The highest BCUT2D eigenvalue weighted by Gasteiger charge is 2.52. The Kier molecular flexibility index (Phi) is 2.21. The lowest BCUT2D eigenvalue weighted by Crippen LogP contribution is -2.41. The molecule has 0 spiro atoms. The third-order valence-electron chi connectivity index (χ3n) is 3.35. The molecule has 5 heteroatoms. The summed E-state index contributed by atoms with van der Waals surface area (Å²) >= 11 is 0. The van der Waals surface area contributed by atoms with Crippen LogP contribution < -0.4 is 5.59 Å². The van der Waals surface area contributed by atoms with Crippen LogP contribution >= 0.6 is 0 Å². The summed E-state index contributed by atoms with van der Waals surface area (Å²) in [5.74, 6) is 0. The molecule has 0 unspecified atom stereocenters. The minimum absolute atomic E-state index is 0.290. The van der Waals surface area contributed by atoms with Gasteiger partial charge >= 0.3 is 7.12 Å². The zero-order valence-electron chi connectivity index (χ0n) is 9.94. The number of imidazole rings is 1. The summed E-state index contributed by atoms with van der Waals surface area (Å²) < 4.78 is 13.7. The molecule has 1 aromatic rings. The fourth-order valence-corrected chi connectivity index (χ4v) is 1.56. The fourth-order valence-electron chi connectivity index (χ4n) is 1.56. The Morgan fingerprint density at radius 1 is 1.20 bits per heavy atom. The summed E-state index contributed by atoms with van der Waals surface area (Å²) in [5, 5.41) is 0. The second-order valence-electron chi connectivity index (χ2n) is 5.02. The van der Waals surface area contributed by atoms with Gasteiger partial charge < -0.3 is 13.9 Å². The number of aromatic nitrogens is 2. The quantitative estimate of drug-likeness (QED) is 0.638. The van der Waals surface area contributed by atoms with Gasteiger partial charge in [0.25, 0.3) is 0 Å². The second-order valence-corrected chi connectivity index (χ2v) is 5.02. The molecule has 1 aliphatic rings. The van der Waals surface area contributed by atoms with Crippen molar-refractivity contribution < 1.29 is 9.31 Å². The molecular weight excluding hydrogens is 191 g/mol. The Bertz CT molecular complexity index is 357. The zero-order valence-corrected chi connectivity index (χ0v) is 9.94. The van der Waals surface area contributed by atoms with E-state index in [0.29, 0.717) is 0 Å². The Labute approximate surface area is 90.7 Å². The summed E-state index contributed by atoms with van der Waals surface area (Å²) in [7, 11) is 1.62. The molecule has 0 bridgehead atoms. The maximum atomic E-state index is 5.91. The number of hydrogen-bond donors (Lipinski definition) is 0. The Hall–Kier alpha value is -0.805. The van der Waals surface area contributed by atoms with Crippen molar-refractivity contribution in [2.45, 2.75) is 38.9 Å². The smallest absolute Gasteiger partial charge is 0.398 e. The van der Waals surface area contributed by atoms with Crippen LogP contribution in [0.5, 0.6) is 0 Å². The third kappa shape index (κ3) is 1.60. The summed E-state index contributed by atoms with van der Waals surface area (Å²) in [6.07, 6.45) is 3.53. The number of hydrogen-bond acceptors (Lipinski definition) is 3. The van der Waals surface area contributed by atoms with E-state index in [1.807, 2.05) is 39.3 Å². The molecule has 0 N–H and O–H groups in total. The van der Waals surface area contributed by atoms with Crippen molar-refractivity contribution in [3.63, 3.8) is 0 Å². The van der Waals surface area contributed by atoms with E-state index >= 15 is 0 Å². The first-order valence-electron chi connectivity index (χ1n) is 5.15. The maximum absolute atomic E-state index is 5.91. The van der Waals surface area contributed by atoms with E-state index in [9.17, 15) is 0 Å². The predicted octanol–water partition coefficient (Wildman–Crippen LogP) is 0.719. The van der Waals surface area contributed by atoms with Crippen molar-refractivity contribution in [2.75, 3.05) is 0 Å². The van der Waals surface area contributed by atoms with Crippen molar-refractivity contribution in [2.24, 2.45) is 7.05 Å². The van der Waals surface area contributed by atoms with E-state index in [2.05, 4.69) is 4.98 Å².